The molecule has 0 aromatic heterocycles. The molecule has 1 aromatic carbocycles. The van der Waals surface area contributed by atoms with E-state index in [1.165, 1.54) is 18.2 Å². The maximum absolute atomic E-state index is 13.4. The molecule has 0 spiro atoms. The molecule has 6 heteroatoms. The van der Waals surface area contributed by atoms with E-state index in [1.54, 1.807) is 0 Å². The summed E-state index contributed by atoms with van der Waals surface area (Å²) in [6.45, 7) is 2.31. The number of benzene rings is 1. The normalized spacial score (nSPS) is 28.2. The zero-order valence-electron chi connectivity index (χ0n) is 11.1. The Morgan fingerprint density at radius 3 is 2.95 bits per heavy atom. The van der Waals surface area contributed by atoms with Crippen LogP contribution >= 0.6 is 0 Å². The average Bonchev–Trinajstić information content (AvgIpc) is 2.90. The number of hydrogen-bond donors (Lipinski definition) is 1. The van der Waals surface area contributed by atoms with Crippen LogP contribution in [0.5, 0.6) is 0 Å². The van der Waals surface area contributed by atoms with Gasteiger partial charge in [0.1, 0.15) is 5.82 Å². The fraction of sp³-hybridized carbons (Fsp3) is 0.571. The van der Waals surface area contributed by atoms with Gasteiger partial charge < -0.3 is 10.1 Å². The summed E-state index contributed by atoms with van der Waals surface area (Å²) < 4.78 is 42.8. The number of hydrogen-bond acceptors (Lipinski definition) is 4. The summed E-state index contributed by atoms with van der Waals surface area (Å²) in [5.74, 6) is 0.187. The molecule has 2 unspecified atom stereocenters. The molecule has 1 fully saturated rings. The number of fused-ring (bicyclic) bond motifs is 1. The Kier molecular flexibility index (Phi) is 3.79. The zero-order chi connectivity index (χ0) is 14.2. The van der Waals surface area contributed by atoms with E-state index in [0.29, 0.717) is 17.9 Å². The van der Waals surface area contributed by atoms with Crippen molar-refractivity contribution in [1.29, 1.82) is 0 Å². The first kappa shape index (κ1) is 14.0. The molecule has 0 radical (unpaired) electrons. The lowest BCUT2D eigenvalue weighted by Gasteiger charge is -2.27. The molecule has 1 aromatic rings. The fourth-order valence-corrected chi connectivity index (χ4v) is 4.48. The summed E-state index contributed by atoms with van der Waals surface area (Å²) in [6.07, 6.45) is 1.51. The van der Waals surface area contributed by atoms with E-state index in [0.717, 1.165) is 26.2 Å². The molecule has 0 bridgehead atoms. The highest BCUT2D eigenvalue weighted by Crippen LogP contribution is 2.32. The van der Waals surface area contributed by atoms with Crippen molar-refractivity contribution in [2.45, 2.75) is 23.8 Å². The van der Waals surface area contributed by atoms with E-state index in [2.05, 4.69) is 5.32 Å². The van der Waals surface area contributed by atoms with Gasteiger partial charge >= 0.3 is 0 Å². The van der Waals surface area contributed by atoms with Crippen LogP contribution in [-0.4, -0.2) is 33.9 Å². The van der Waals surface area contributed by atoms with Crippen molar-refractivity contribution in [1.82, 2.24) is 5.32 Å². The number of ether oxygens (including phenoxy) is 1. The van der Waals surface area contributed by atoms with Gasteiger partial charge in [0.15, 0.2) is 9.84 Å². The van der Waals surface area contributed by atoms with E-state index in [9.17, 15) is 12.8 Å². The van der Waals surface area contributed by atoms with Crippen LogP contribution in [0, 0.1) is 11.7 Å². The molecule has 2 aliphatic heterocycles. The first-order chi connectivity index (χ1) is 9.56. The van der Waals surface area contributed by atoms with Crippen LogP contribution in [0.15, 0.2) is 23.1 Å². The molecular formula is C14H18FNO3S. The quantitative estimate of drug-likeness (QED) is 0.863. The lowest BCUT2D eigenvalue weighted by atomic mass is 10.0. The second-order valence-corrected chi connectivity index (χ2v) is 7.56. The third-order valence-electron chi connectivity index (χ3n) is 4.03. The lowest BCUT2D eigenvalue weighted by molar-refractivity contribution is 0.184. The van der Waals surface area contributed by atoms with Crippen molar-refractivity contribution in [3.8, 4) is 0 Å². The van der Waals surface area contributed by atoms with Crippen LogP contribution in [0.1, 0.15) is 24.4 Å². The molecule has 3 rings (SSSR count). The van der Waals surface area contributed by atoms with Crippen LogP contribution in [-0.2, 0) is 14.6 Å². The molecule has 2 atom stereocenters. The van der Waals surface area contributed by atoms with Gasteiger partial charge in [0.2, 0.25) is 0 Å². The second-order valence-electron chi connectivity index (χ2n) is 5.48. The summed E-state index contributed by atoms with van der Waals surface area (Å²) >= 11 is 0. The van der Waals surface area contributed by atoms with Crippen molar-refractivity contribution in [2.75, 3.05) is 25.5 Å². The van der Waals surface area contributed by atoms with E-state index >= 15 is 0 Å². The summed E-state index contributed by atoms with van der Waals surface area (Å²) in [5, 5.41) is 3.37. The fourth-order valence-electron chi connectivity index (χ4n) is 2.88. The number of sulfone groups is 1. The Morgan fingerprint density at radius 2 is 2.20 bits per heavy atom. The Hall–Kier alpha value is -0.980. The average molecular weight is 299 g/mol. The third kappa shape index (κ3) is 2.73. The number of halogens is 1. The smallest absolute Gasteiger partial charge is 0.178 e. The predicted molar refractivity (Wildman–Crippen MR) is 72.7 cm³/mol. The van der Waals surface area contributed by atoms with Crippen LogP contribution in [0.25, 0.3) is 0 Å². The van der Waals surface area contributed by atoms with Crippen LogP contribution in [0.2, 0.25) is 0 Å². The molecule has 0 amide bonds. The molecule has 4 nitrogen and oxygen atoms in total. The molecule has 1 N–H and O–H groups in total. The predicted octanol–water partition coefficient (Wildman–Crippen LogP) is 1.67. The van der Waals surface area contributed by atoms with Crippen LogP contribution in [0.4, 0.5) is 4.39 Å². The van der Waals surface area contributed by atoms with Gasteiger partial charge in [0.25, 0.3) is 0 Å². The lowest BCUT2D eigenvalue weighted by Crippen LogP contribution is -2.33. The summed E-state index contributed by atoms with van der Waals surface area (Å²) in [7, 11) is -3.26. The molecule has 2 heterocycles. The minimum Gasteiger partial charge on any atom is -0.381 e. The highest BCUT2D eigenvalue weighted by Gasteiger charge is 2.31. The van der Waals surface area contributed by atoms with Gasteiger partial charge in [-0.15, -0.1) is 0 Å². The van der Waals surface area contributed by atoms with Gasteiger partial charge in [0, 0.05) is 19.2 Å². The first-order valence-electron chi connectivity index (χ1n) is 6.89. The van der Waals surface area contributed by atoms with Gasteiger partial charge in [-0.1, -0.05) is 0 Å². The van der Waals surface area contributed by atoms with Crippen molar-refractivity contribution in [3.63, 3.8) is 0 Å². The third-order valence-corrected chi connectivity index (χ3v) is 5.85. The van der Waals surface area contributed by atoms with Gasteiger partial charge in [-0.3, -0.25) is 0 Å². The standard InChI is InChI=1S/C14H18FNO3S/c15-11-1-2-14-12(7-11)13(4-6-20(14,17)18)16-8-10-3-5-19-9-10/h1-2,7,10,13,16H,3-6,8-9H2. The van der Waals surface area contributed by atoms with Gasteiger partial charge in [-0.25, -0.2) is 12.8 Å². The monoisotopic (exact) mass is 299 g/mol. The maximum Gasteiger partial charge on any atom is 0.178 e. The van der Waals surface area contributed by atoms with Gasteiger partial charge in [0.05, 0.1) is 17.3 Å². The Balaban J connectivity index is 1.81. The molecule has 110 valence electrons. The minimum atomic E-state index is -3.26. The Labute approximate surface area is 118 Å². The van der Waals surface area contributed by atoms with E-state index in [-0.39, 0.29) is 16.7 Å². The van der Waals surface area contributed by atoms with Gasteiger partial charge in [-0.2, -0.15) is 0 Å². The van der Waals surface area contributed by atoms with Crippen molar-refractivity contribution < 1.29 is 17.5 Å². The topological polar surface area (TPSA) is 55.4 Å². The Morgan fingerprint density at radius 1 is 1.35 bits per heavy atom. The highest BCUT2D eigenvalue weighted by atomic mass is 32.2. The first-order valence-corrected chi connectivity index (χ1v) is 8.55. The van der Waals surface area contributed by atoms with E-state index in [1.807, 2.05) is 0 Å². The maximum atomic E-state index is 13.4. The van der Waals surface area contributed by atoms with Crippen LogP contribution < -0.4 is 5.32 Å². The van der Waals surface area contributed by atoms with Crippen molar-refractivity contribution in [2.24, 2.45) is 5.92 Å². The summed E-state index contributed by atoms with van der Waals surface area (Å²) in [5.41, 5.74) is 0.565. The van der Waals surface area contributed by atoms with E-state index < -0.39 is 15.7 Å². The van der Waals surface area contributed by atoms with Gasteiger partial charge in [-0.05, 0) is 42.5 Å². The van der Waals surface area contributed by atoms with Crippen molar-refractivity contribution in [3.05, 3.63) is 29.6 Å². The highest BCUT2D eigenvalue weighted by molar-refractivity contribution is 7.91. The second kappa shape index (κ2) is 5.42. The molecule has 1 saturated heterocycles. The van der Waals surface area contributed by atoms with Crippen molar-refractivity contribution >= 4 is 9.84 Å². The SMILES string of the molecule is O=S1(=O)CCC(NCC2CCOC2)c2cc(F)ccc21. The van der Waals surface area contributed by atoms with E-state index in [4.69, 9.17) is 4.74 Å². The molecule has 0 saturated carbocycles. The van der Waals surface area contributed by atoms with Crippen LogP contribution in [0.3, 0.4) is 0 Å². The summed E-state index contributed by atoms with van der Waals surface area (Å²) in [4.78, 5) is 0.269. The largest absolute Gasteiger partial charge is 0.381 e. The minimum absolute atomic E-state index is 0.0928. The molecule has 0 aliphatic carbocycles. The molecule has 2 aliphatic rings. The molecule has 20 heavy (non-hydrogen) atoms. The molecular weight excluding hydrogens is 281 g/mol. The Bertz CT molecular complexity index is 596. The number of nitrogens with one attached hydrogen (secondary N) is 1. The summed E-state index contributed by atoms with van der Waals surface area (Å²) in [6, 6.07) is 3.84. The zero-order valence-corrected chi connectivity index (χ0v) is 12.0. The number of rotatable bonds is 3.